The Hall–Kier alpha value is -3.35. The topological polar surface area (TPSA) is 98.9 Å². The number of nitrogens with zero attached hydrogens (tertiary/aromatic N) is 2. The van der Waals surface area contributed by atoms with Crippen molar-refractivity contribution in [3.05, 3.63) is 64.2 Å². The molecule has 1 fully saturated rings. The van der Waals surface area contributed by atoms with Crippen LogP contribution < -0.4 is 0 Å². The van der Waals surface area contributed by atoms with Crippen LogP contribution in [0, 0.1) is 16.0 Å². The Morgan fingerprint density at radius 3 is 2.37 bits per heavy atom. The number of carbonyl (C=O) groups is 2. The van der Waals surface area contributed by atoms with Crippen LogP contribution in [-0.4, -0.2) is 22.4 Å². The van der Waals surface area contributed by atoms with Crippen LogP contribution in [0.2, 0.25) is 0 Å². The summed E-state index contributed by atoms with van der Waals surface area (Å²) in [5.41, 5.74) is 1.66. The van der Waals surface area contributed by atoms with Crippen LogP contribution in [-0.2, 0) is 9.63 Å². The van der Waals surface area contributed by atoms with Crippen LogP contribution in [0.3, 0.4) is 0 Å². The van der Waals surface area contributed by atoms with Crippen molar-refractivity contribution in [2.24, 2.45) is 11.1 Å². The summed E-state index contributed by atoms with van der Waals surface area (Å²) in [6, 6.07) is 13.0. The number of rotatable bonds is 7. The SMILES string of the molecule is CC/C(=N/OC(=O)C1CCCCC1)C(=O)c1ccc(-c2ccccc2[N+](=O)[O-])cc1. The van der Waals surface area contributed by atoms with Gasteiger partial charge in [0.15, 0.2) is 0 Å². The van der Waals surface area contributed by atoms with Crippen molar-refractivity contribution in [3.8, 4) is 11.1 Å². The van der Waals surface area contributed by atoms with E-state index in [4.69, 9.17) is 4.84 Å². The Morgan fingerprint density at radius 2 is 1.73 bits per heavy atom. The fraction of sp³-hybridized carbons (Fsp3) is 0.348. The lowest BCUT2D eigenvalue weighted by Gasteiger charge is -2.18. The van der Waals surface area contributed by atoms with Gasteiger partial charge in [-0.3, -0.25) is 14.9 Å². The van der Waals surface area contributed by atoms with E-state index in [1.54, 1.807) is 49.4 Å². The molecule has 0 bridgehead atoms. The zero-order valence-electron chi connectivity index (χ0n) is 16.9. The van der Waals surface area contributed by atoms with E-state index >= 15 is 0 Å². The average Bonchev–Trinajstić information content (AvgIpc) is 2.79. The summed E-state index contributed by atoms with van der Waals surface area (Å²) in [5, 5.41) is 15.1. The third-order valence-corrected chi connectivity index (χ3v) is 5.34. The molecule has 0 radical (unpaired) electrons. The van der Waals surface area contributed by atoms with E-state index in [0.29, 0.717) is 23.1 Å². The van der Waals surface area contributed by atoms with Crippen LogP contribution in [0.1, 0.15) is 55.8 Å². The minimum atomic E-state index is -0.434. The van der Waals surface area contributed by atoms with E-state index in [-0.39, 0.29) is 29.1 Å². The molecule has 1 aliphatic carbocycles. The molecule has 0 heterocycles. The second-order valence-electron chi connectivity index (χ2n) is 7.32. The summed E-state index contributed by atoms with van der Waals surface area (Å²) in [6.45, 7) is 1.77. The Morgan fingerprint density at radius 1 is 1.07 bits per heavy atom. The van der Waals surface area contributed by atoms with Gasteiger partial charge in [0, 0.05) is 11.6 Å². The van der Waals surface area contributed by atoms with E-state index in [0.717, 1.165) is 32.1 Å². The minimum absolute atomic E-state index is 0.00186. The van der Waals surface area contributed by atoms with Gasteiger partial charge >= 0.3 is 5.97 Å². The van der Waals surface area contributed by atoms with Gasteiger partial charge in [0.1, 0.15) is 5.71 Å². The van der Waals surface area contributed by atoms with Crippen molar-refractivity contribution in [1.82, 2.24) is 0 Å². The van der Waals surface area contributed by atoms with Crippen LogP contribution in [0.5, 0.6) is 0 Å². The van der Waals surface area contributed by atoms with Crippen LogP contribution in [0.25, 0.3) is 11.1 Å². The smallest absolute Gasteiger partial charge is 0.318 e. The van der Waals surface area contributed by atoms with Crippen molar-refractivity contribution in [1.29, 1.82) is 0 Å². The van der Waals surface area contributed by atoms with E-state index < -0.39 is 4.92 Å². The molecule has 0 N–H and O–H groups in total. The molecule has 1 aliphatic rings. The quantitative estimate of drug-likeness (QED) is 0.203. The summed E-state index contributed by atoms with van der Waals surface area (Å²) in [4.78, 5) is 40.8. The number of carbonyl (C=O) groups excluding carboxylic acids is 2. The number of hydrogen-bond donors (Lipinski definition) is 0. The summed E-state index contributed by atoms with van der Waals surface area (Å²) in [5.74, 6) is -0.847. The molecule has 1 saturated carbocycles. The number of hydrogen-bond acceptors (Lipinski definition) is 6. The first-order valence-electron chi connectivity index (χ1n) is 10.2. The normalized spacial score (nSPS) is 14.9. The molecular weight excluding hydrogens is 384 g/mol. The highest BCUT2D eigenvalue weighted by molar-refractivity contribution is 6.45. The summed E-state index contributed by atoms with van der Waals surface area (Å²) < 4.78 is 0. The van der Waals surface area contributed by atoms with Gasteiger partial charge in [0.05, 0.1) is 16.4 Å². The second kappa shape index (κ2) is 9.91. The predicted molar refractivity (Wildman–Crippen MR) is 113 cm³/mol. The molecule has 7 heteroatoms. The molecule has 3 rings (SSSR count). The number of nitro benzene ring substituents is 1. The molecule has 0 aliphatic heterocycles. The molecule has 0 aromatic heterocycles. The van der Waals surface area contributed by atoms with Crippen LogP contribution >= 0.6 is 0 Å². The Bertz CT molecular complexity index is 960. The van der Waals surface area contributed by atoms with Gasteiger partial charge in [0.2, 0.25) is 5.78 Å². The molecule has 0 unspecified atom stereocenters. The summed E-state index contributed by atoms with van der Waals surface area (Å²) in [6.07, 6.45) is 5.08. The first kappa shape index (κ1) is 21.4. The number of benzene rings is 2. The maximum absolute atomic E-state index is 12.8. The number of ketones is 1. The molecule has 0 amide bonds. The van der Waals surface area contributed by atoms with Gasteiger partial charge in [0.25, 0.3) is 5.69 Å². The highest BCUT2D eigenvalue weighted by Crippen LogP contribution is 2.29. The zero-order valence-corrected chi connectivity index (χ0v) is 16.9. The number of nitro groups is 1. The summed E-state index contributed by atoms with van der Waals surface area (Å²) >= 11 is 0. The van der Waals surface area contributed by atoms with Crippen LogP contribution in [0.4, 0.5) is 5.69 Å². The lowest BCUT2D eigenvalue weighted by atomic mass is 9.89. The van der Waals surface area contributed by atoms with E-state index in [9.17, 15) is 19.7 Å². The Balaban J connectivity index is 1.74. The lowest BCUT2D eigenvalue weighted by Crippen LogP contribution is -2.20. The van der Waals surface area contributed by atoms with Crippen molar-refractivity contribution < 1.29 is 19.3 Å². The summed E-state index contributed by atoms with van der Waals surface area (Å²) in [7, 11) is 0. The molecule has 0 spiro atoms. The van der Waals surface area contributed by atoms with Gasteiger partial charge in [-0.1, -0.05) is 67.7 Å². The van der Waals surface area contributed by atoms with Gasteiger partial charge in [-0.25, -0.2) is 4.79 Å². The molecule has 0 saturated heterocycles. The molecule has 30 heavy (non-hydrogen) atoms. The Labute approximate surface area is 174 Å². The van der Waals surface area contributed by atoms with E-state index in [1.807, 2.05) is 0 Å². The highest BCUT2D eigenvalue weighted by Gasteiger charge is 2.24. The largest absolute Gasteiger partial charge is 0.338 e. The predicted octanol–water partition coefficient (Wildman–Crippen LogP) is 5.33. The molecular formula is C23H24N2O5. The molecule has 0 atom stereocenters. The number of para-hydroxylation sites is 1. The first-order chi connectivity index (χ1) is 14.5. The average molecular weight is 408 g/mol. The van der Waals surface area contributed by atoms with Crippen molar-refractivity contribution in [2.75, 3.05) is 0 Å². The third-order valence-electron chi connectivity index (χ3n) is 5.34. The fourth-order valence-electron chi connectivity index (χ4n) is 3.62. The Kier molecular flexibility index (Phi) is 7.06. The molecule has 2 aromatic carbocycles. The first-order valence-corrected chi connectivity index (χ1v) is 10.2. The van der Waals surface area contributed by atoms with E-state index in [1.165, 1.54) is 6.07 Å². The highest BCUT2D eigenvalue weighted by atomic mass is 16.7. The maximum atomic E-state index is 12.8. The zero-order chi connectivity index (χ0) is 21.5. The van der Waals surface area contributed by atoms with Gasteiger partial charge in [-0.15, -0.1) is 0 Å². The third kappa shape index (κ3) is 4.97. The maximum Gasteiger partial charge on any atom is 0.338 e. The van der Waals surface area contributed by atoms with Crippen molar-refractivity contribution in [3.63, 3.8) is 0 Å². The fourth-order valence-corrected chi connectivity index (χ4v) is 3.62. The number of oxime groups is 1. The molecule has 7 nitrogen and oxygen atoms in total. The van der Waals surface area contributed by atoms with Crippen LogP contribution in [0.15, 0.2) is 53.7 Å². The van der Waals surface area contributed by atoms with Crippen molar-refractivity contribution >= 4 is 23.2 Å². The minimum Gasteiger partial charge on any atom is -0.318 e. The van der Waals surface area contributed by atoms with Gasteiger partial charge in [-0.05, 0) is 30.9 Å². The van der Waals surface area contributed by atoms with Gasteiger partial charge in [-0.2, -0.15) is 0 Å². The second-order valence-corrected chi connectivity index (χ2v) is 7.32. The molecule has 156 valence electrons. The molecule has 2 aromatic rings. The lowest BCUT2D eigenvalue weighted by molar-refractivity contribution is -0.384. The van der Waals surface area contributed by atoms with Gasteiger partial charge < -0.3 is 4.84 Å². The van der Waals surface area contributed by atoms with E-state index in [2.05, 4.69) is 5.16 Å². The standard InChI is InChI=1S/C23H24N2O5/c1-2-20(24-30-23(27)18-8-4-3-5-9-18)22(26)17-14-12-16(13-15-17)19-10-6-7-11-21(19)25(28)29/h6-7,10-15,18H,2-5,8-9H2,1H3/b24-20-. The monoisotopic (exact) mass is 408 g/mol. The number of Topliss-reactive ketones (excluding diaryl/α,β-unsaturated/α-hetero) is 1. The van der Waals surface area contributed by atoms with Crippen molar-refractivity contribution in [2.45, 2.75) is 45.4 Å².